The average Bonchev–Trinajstić information content (AvgIpc) is 0.961. The van der Waals surface area contributed by atoms with Crippen LogP contribution in [0.4, 0.5) is 0 Å². The van der Waals surface area contributed by atoms with Crippen molar-refractivity contribution < 1.29 is 95.7 Å². The van der Waals surface area contributed by atoms with Crippen LogP contribution in [0.15, 0.2) is 12.7 Å². The number of carbonyl (C=O) groups excluding carboxylic acids is 6. The van der Waals surface area contributed by atoms with Gasteiger partial charge in [0, 0.05) is 48.3 Å². The molecule has 0 aliphatic heterocycles. The van der Waals surface area contributed by atoms with Gasteiger partial charge in [-0.2, -0.15) is 17.2 Å². The second-order valence-corrected chi connectivity index (χ2v) is 52.6. The first-order valence-corrected chi connectivity index (χ1v) is 48.6. The van der Waals surface area contributed by atoms with Gasteiger partial charge >= 0.3 is 35.8 Å². The number of nitrogens with two attached hydrogens (primary N) is 1. The monoisotopic (exact) mass is 1840 g/mol. The van der Waals surface area contributed by atoms with Crippen LogP contribution in [0.1, 0.15) is 420 Å². The van der Waals surface area contributed by atoms with Crippen molar-refractivity contribution in [1.82, 2.24) is 5.48 Å². The minimum Gasteiger partial charge on any atom is -0.466 e. The quantitative estimate of drug-likeness (QED) is 0.0168. The number of esters is 6. The average molecular weight is 1840 g/mol. The van der Waals surface area contributed by atoms with Crippen LogP contribution in [0.5, 0.6) is 0 Å². The summed E-state index contributed by atoms with van der Waals surface area (Å²) in [6.45, 7) is 102. The highest BCUT2D eigenvalue weighted by Crippen LogP contribution is 2.29. The van der Waals surface area contributed by atoms with Crippen LogP contribution >= 0.6 is 11.8 Å². The first-order chi connectivity index (χ1) is 57.0. The van der Waals surface area contributed by atoms with Crippen LogP contribution in [-0.4, -0.2) is 180 Å². The molecule has 0 saturated carbocycles. The summed E-state index contributed by atoms with van der Waals surface area (Å²) in [6.07, 6.45) is 15.6. The molecule has 4 N–H and O–H groups in total. The van der Waals surface area contributed by atoms with Crippen molar-refractivity contribution in [2.24, 2.45) is 70.9 Å². The minimum atomic E-state index is -0.459. The molecule has 22 nitrogen and oxygen atoms in total. The fraction of sp³-hybridized carbons (Fsp3) is 0.923. The molecular weight excluding hydrogens is 1630 g/mol. The predicted octanol–water partition coefficient (Wildman–Crippen LogP) is 25.6. The predicted molar refractivity (Wildman–Crippen MR) is 531 cm³/mol. The molecule has 0 aromatic carbocycles. The van der Waals surface area contributed by atoms with E-state index in [0.717, 1.165) is 76.8 Å². The Labute approximate surface area is 787 Å². The van der Waals surface area contributed by atoms with Crippen LogP contribution < -0.4 is 11.4 Å². The Morgan fingerprint density at radius 1 is 0.339 bits per heavy atom. The van der Waals surface area contributed by atoms with Crippen molar-refractivity contribution in [3.8, 4) is 0 Å². The Morgan fingerprint density at radius 2 is 0.669 bits per heavy atom. The Balaban J connectivity index is -0.000000268. The number of aliphatic hydroxyl groups excluding tert-OH is 1. The van der Waals surface area contributed by atoms with Crippen LogP contribution in [0.2, 0.25) is 0 Å². The van der Waals surface area contributed by atoms with Gasteiger partial charge in [-0.25, -0.2) is 5.90 Å². The van der Waals surface area contributed by atoms with Gasteiger partial charge in [0.05, 0.1) is 85.0 Å². The highest BCUT2D eigenvalue weighted by Gasteiger charge is 2.26. The Kier molecular flexibility index (Phi) is 74.6. The molecule has 762 valence electrons. The molecule has 4 atom stereocenters. The van der Waals surface area contributed by atoms with Crippen molar-refractivity contribution in [1.29, 1.82) is 0 Å². The fourth-order valence-electron chi connectivity index (χ4n) is 9.65. The van der Waals surface area contributed by atoms with Crippen molar-refractivity contribution in [3.05, 3.63) is 12.7 Å². The maximum Gasteiger partial charge on any atom is 0.309 e. The lowest BCUT2D eigenvalue weighted by atomic mass is 9.89. The highest BCUT2D eigenvalue weighted by atomic mass is 32.2. The van der Waals surface area contributed by atoms with Gasteiger partial charge in [-0.05, 0) is 156 Å². The summed E-state index contributed by atoms with van der Waals surface area (Å²) < 4.78 is 59.8. The van der Waals surface area contributed by atoms with Crippen molar-refractivity contribution in [2.75, 3.05) is 105 Å². The lowest BCUT2D eigenvalue weighted by Gasteiger charge is -2.25. The number of nitrogens with one attached hydrogen (secondary N) is 1. The Bertz CT molecular complexity index is 2710. The van der Waals surface area contributed by atoms with Gasteiger partial charge in [0.15, 0.2) is 0 Å². The molecule has 0 aromatic rings. The zero-order chi connectivity index (χ0) is 101. The molecule has 0 radical (unpaired) electrons. The molecule has 0 rings (SSSR count). The SMILES string of the molecule is C=CCC(=O)OCC(COC(=O)CCCC(C)(C)C)OCC(C)(C)C.CC(C)(C)CCCCC(=O)OCC(C)(C)C.CC(C)(C)CCCCC(=O)OCCC(C)(C)C.CC(C)(C)CCCOCC(C)(C)C.CC(C)(C)COC(CON)CONC(C)(C)C.CC(C)(C)COCC(O)CC(C)(C)C.CCCC(=O)OCC(COC(=O)CCSC(C)(C)C)OCC(C)(C)C. The summed E-state index contributed by atoms with van der Waals surface area (Å²) in [7, 11) is 0. The number of hydrogen-bond acceptors (Lipinski definition) is 23. The molecule has 0 saturated heterocycles. The summed E-state index contributed by atoms with van der Waals surface area (Å²) >= 11 is 1.73. The van der Waals surface area contributed by atoms with Crippen molar-refractivity contribution in [3.63, 3.8) is 0 Å². The highest BCUT2D eigenvalue weighted by molar-refractivity contribution is 8.00. The Hall–Kier alpha value is -3.49. The molecule has 0 aliphatic carbocycles. The largest absolute Gasteiger partial charge is 0.466 e. The fourth-order valence-corrected chi connectivity index (χ4v) is 10.5. The van der Waals surface area contributed by atoms with E-state index in [9.17, 15) is 33.9 Å². The molecule has 0 amide bonds. The number of thioether (sulfide) groups is 1. The maximum atomic E-state index is 11.9. The third-order valence-electron chi connectivity index (χ3n) is 16.2. The second kappa shape index (κ2) is 69.3. The van der Waals surface area contributed by atoms with E-state index in [2.05, 4.69) is 266 Å². The van der Waals surface area contributed by atoms with Gasteiger partial charge < -0.3 is 62.0 Å². The maximum absolute atomic E-state index is 11.9. The molecule has 0 bridgehead atoms. The zero-order valence-corrected chi connectivity index (χ0v) is 91.8. The van der Waals surface area contributed by atoms with Crippen LogP contribution in [0.3, 0.4) is 0 Å². The third-order valence-corrected chi connectivity index (χ3v) is 17.4. The molecule has 23 heteroatoms. The number of unbranched alkanes of at least 4 members (excludes halogenated alkanes) is 2. The number of carbonyl (C=O) groups is 6. The van der Waals surface area contributed by atoms with Crippen LogP contribution in [0.25, 0.3) is 0 Å². The molecule has 127 heavy (non-hydrogen) atoms. The van der Waals surface area contributed by atoms with E-state index in [-0.39, 0.29) is 134 Å². The van der Waals surface area contributed by atoms with E-state index in [1.165, 1.54) is 31.8 Å². The minimum absolute atomic E-state index is 0.0148. The number of hydrogen-bond donors (Lipinski definition) is 3. The molecule has 0 aliphatic rings. The summed E-state index contributed by atoms with van der Waals surface area (Å²) in [6, 6.07) is 0. The number of rotatable bonds is 48. The van der Waals surface area contributed by atoms with Crippen LogP contribution in [0, 0.1) is 65.0 Å². The second-order valence-electron chi connectivity index (χ2n) is 50.6. The van der Waals surface area contributed by atoms with Crippen molar-refractivity contribution in [2.45, 2.75) is 454 Å². The normalized spacial score (nSPS) is 13.6. The van der Waals surface area contributed by atoms with Gasteiger partial charge in [-0.15, -0.1) is 6.58 Å². The van der Waals surface area contributed by atoms with E-state index in [4.69, 9.17) is 62.8 Å². The summed E-state index contributed by atoms with van der Waals surface area (Å²) in [5, 5.41) is 9.66. The summed E-state index contributed by atoms with van der Waals surface area (Å²) in [5.41, 5.74) is 5.29. The molecule has 4 unspecified atom stereocenters. The Morgan fingerprint density at radius 3 is 1.02 bits per heavy atom. The van der Waals surface area contributed by atoms with E-state index >= 15 is 0 Å². The standard InChI is InChI=1S/C20H36O5.C19H36O5S.C15H30O2.C14H28O2.C12H28N2O3.C12H26O2.C12H26O/c1-8-10-17(21)23-13-16(25-15-20(5,6)7)14-24-18(22)11-9-12-19(2,3)4;1-8-9-16(20)22-12-15(24-14-18(2,3)4)13-23-17(21)10-11-25-19(5,6)7;1-14(2,3)10-8-7-9-13(16)17-12-11-15(4,5)6;1-13(2,3)10-8-7-9-12(15)16-11-14(4,5)6;1-11(2,3)9-15-10(7-16-13)8-17-14-12(4,5)6;1-11(2,3)7-10(13)8-14-9-12(4,5)6;1-11(2,3)8-7-9-13-10-12(4,5)6/h8,16H,1,9-15H2,2-7H3;15H,8-14H2,1-7H3;7-12H2,1-6H3;7-11H2,1-6H3;10,14H,7-9,13H2,1-6H3;10,13H,7-9H2,1-6H3;7-10H2,1-6H3. The van der Waals surface area contributed by atoms with Gasteiger partial charge in [-0.3, -0.25) is 33.6 Å². The smallest absolute Gasteiger partial charge is 0.309 e. The topological polar surface area (TPSA) is 281 Å². The van der Waals surface area contributed by atoms with Crippen LogP contribution in [-0.2, 0) is 90.5 Å². The van der Waals surface area contributed by atoms with Crippen molar-refractivity contribution >= 4 is 47.6 Å². The lowest BCUT2D eigenvalue weighted by molar-refractivity contribution is -0.157. The molecule has 0 spiro atoms. The first kappa shape index (κ1) is 137. The first-order valence-electron chi connectivity index (χ1n) is 47.6. The molecule has 0 fully saturated rings. The number of ether oxygens (including phenoxy) is 11. The molecular formula is C104H210N2O20S. The molecule has 0 heterocycles. The summed E-state index contributed by atoms with van der Waals surface area (Å²) in [4.78, 5) is 79.6. The van der Waals surface area contributed by atoms with Gasteiger partial charge in [0.2, 0.25) is 0 Å². The lowest BCUT2D eigenvalue weighted by Crippen LogP contribution is -2.40. The van der Waals surface area contributed by atoms with E-state index in [1.54, 1.807) is 11.8 Å². The number of aliphatic hydroxyl groups is 1. The van der Waals surface area contributed by atoms with E-state index < -0.39 is 12.2 Å². The van der Waals surface area contributed by atoms with E-state index in [1.807, 2.05) is 48.5 Å². The zero-order valence-electron chi connectivity index (χ0n) is 91.0. The van der Waals surface area contributed by atoms with E-state index in [0.29, 0.717) is 113 Å². The number of hydroxylamine groups is 1. The van der Waals surface area contributed by atoms with Gasteiger partial charge in [0.1, 0.15) is 44.7 Å². The third kappa shape index (κ3) is 133. The van der Waals surface area contributed by atoms with Gasteiger partial charge in [-0.1, -0.05) is 296 Å². The summed E-state index contributed by atoms with van der Waals surface area (Å²) in [5.74, 6) is 4.59. The van der Waals surface area contributed by atoms with Gasteiger partial charge in [0.25, 0.3) is 0 Å². The molecule has 0 aromatic heterocycles.